The molecule has 188 valence electrons. The summed E-state index contributed by atoms with van der Waals surface area (Å²) in [6.45, 7) is 4.56. The van der Waals surface area contributed by atoms with Crippen LogP contribution in [0.5, 0.6) is 5.75 Å². The average Bonchev–Trinajstić information content (AvgIpc) is 2.85. The third-order valence-corrected chi connectivity index (χ3v) is 6.01. The van der Waals surface area contributed by atoms with Crippen molar-refractivity contribution in [1.82, 2.24) is 0 Å². The number of rotatable bonds is 16. The van der Waals surface area contributed by atoms with Crippen molar-refractivity contribution in [2.24, 2.45) is 0 Å². The molecule has 0 unspecified atom stereocenters. The van der Waals surface area contributed by atoms with Gasteiger partial charge < -0.3 is 4.74 Å². The van der Waals surface area contributed by atoms with E-state index in [0.717, 1.165) is 69.1 Å². The first-order chi connectivity index (χ1) is 16.5. The van der Waals surface area contributed by atoms with E-state index in [1.165, 1.54) is 37.8 Å². The van der Waals surface area contributed by atoms with Crippen LogP contribution in [0.1, 0.15) is 101 Å². The zero-order chi connectivity index (χ0) is 24.8. The quantitative estimate of drug-likeness (QED) is 0.132. The molecule has 0 heterocycles. The highest BCUT2D eigenvalue weighted by molar-refractivity contribution is 5.83. The zero-order valence-corrected chi connectivity index (χ0v) is 20.6. The Labute approximate surface area is 202 Å². The molecule has 0 spiro atoms. The van der Waals surface area contributed by atoms with Gasteiger partial charge in [0, 0.05) is 5.56 Å². The number of unbranched alkanes of at least 4 members (excludes halogenated alkanes) is 9. The first kappa shape index (κ1) is 27.9. The molecule has 0 N–H and O–H groups in total. The summed E-state index contributed by atoms with van der Waals surface area (Å²) in [5.74, 6) is -5.67. The molecule has 2 rings (SSSR count). The van der Waals surface area contributed by atoms with Gasteiger partial charge in [0.15, 0.2) is 23.2 Å². The van der Waals surface area contributed by atoms with Gasteiger partial charge in [-0.05, 0) is 37.0 Å². The Balaban J connectivity index is 1.98. The largest absolute Gasteiger partial charge is 0.490 e. The van der Waals surface area contributed by atoms with Crippen LogP contribution >= 0.6 is 0 Å². The lowest BCUT2D eigenvalue weighted by Crippen LogP contribution is -2.02. The van der Waals surface area contributed by atoms with Crippen molar-refractivity contribution in [2.75, 3.05) is 6.61 Å². The minimum Gasteiger partial charge on any atom is -0.490 e. The minimum atomic E-state index is -1.45. The van der Waals surface area contributed by atoms with Crippen molar-refractivity contribution < 1.29 is 22.3 Å². The van der Waals surface area contributed by atoms with Crippen LogP contribution in [0.3, 0.4) is 0 Å². The molecule has 0 saturated heterocycles. The second-order valence-electron chi connectivity index (χ2n) is 8.84. The van der Waals surface area contributed by atoms with Crippen molar-refractivity contribution in [2.45, 2.75) is 90.9 Å². The summed E-state index contributed by atoms with van der Waals surface area (Å²) < 4.78 is 63.7. The van der Waals surface area contributed by atoms with E-state index >= 15 is 0 Å². The molecule has 2 aromatic carbocycles. The molecule has 0 atom stereocenters. The van der Waals surface area contributed by atoms with Gasteiger partial charge in [-0.2, -0.15) is 4.39 Å². The van der Waals surface area contributed by atoms with Gasteiger partial charge in [-0.1, -0.05) is 95.9 Å². The molecule has 5 heteroatoms. The summed E-state index contributed by atoms with van der Waals surface area (Å²) in [6, 6.07) is 8.62. The average molecular weight is 479 g/mol. The Hall–Kier alpha value is -2.30. The lowest BCUT2D eigenvalue weighted by Gasteiger charge is -2.10. The number of aryl methyl sites for hydroxylation is 1. The summed E-state index contributed by atoms with van der Waals surface area (Å²) in [4.78, 5) is 0. The molecule has 0 aliphatic carbocycles. The number of hydrogen-bond acceptors (Lipinski definition) is 1. The Kier molecular flexibility index (Phi) is 12.8. The molecule has 0 saturated carbocycles. The van der Waals surface area contributed by atoms with Crippen molar-refractivity contribution >= 4 is 11.7 Å². The van der Waals surface area contributed by atoms with Gasteiger partial charge in [-0.15, -0.1) is 0 Å². The van der Waals surface area contributed by atoms with E-state index in [1.807, 2.05) is 0 Å². The van der Waals surface area contributed by atoms with Gasteiger partial charge >= 0.3 is 0 Å². The molecule has 0 fully saturated rings. The van der Waals surface area contributed by atoms with Gasteiger partial charge in [0.05, 0.1) is 12.2 Å². The molecular formula is C29H38F4O. The predicted molar refractivity (Wildman–Crippen MR) is 133 cm³/mol. The van der Waals surface area contributed by atoms with E-state index in [2.05, 4.69) is 13.8 Å². The second kappa shape index (κ2) is 15.6. The fourth-order valence-corrected chi connectivity index (χ4v) is 3.87. The van der Waals surface area contributed by atoms with E-state index in [1.54, 1.807) is 12.1 Å². The third kappa shape index (κ3) is 8.81. The standard InChI is InChI=1S/C29H38F4O/c1-3-5-7-9-11-13-21-34-25-20-19-24(28(32)29(25)33)27(31)26(30)23-17-15-22(16-18-23)14-12-10-8-6-4-2/h15-20H,3-14,21H2,1-2H3/b27-26+. The SMILES string of the molecule is CCCCCCCCOc1ccc(/C(F)=C(\F)c2ccc(CCCCCCC)cc2)c(F)c1F. The maximum Gasteiger partial charge on any atom is 0.201 e. The van der Waals surface area contributed by atoms with Crippen LogP contribution in [0.25, 0.3) is 11.7 Å². The van der Waals surface area contributed by atoms with E-state index in [0.29, 0.717) is 0 Å². The molecule has 1 nitrogen and oxygen atoms in total. The fraction of sp³-hybridized carbons (Fsp3) is 0.517. The Bertz CT molecular complexity index is 890. The molecule has 0 aliphatic rings. The molecule has 0 radical (unpaired) electrons. The molecule has 0 aliphatic heterocycles. The second-order valence-corrected chi connectivity index (χ2v) is 8.84. The summed E-state index contributed by atoms with van der Waals surface area (Å²) in [5, 5.41) is 0. The highest BCUT2D eigenvalue weighted by atomic mass is 19.2. The summed E-state index contributed by atoms with van der Waals surface area (Å²) in [5.41, 5.74) is 0.287. The van der Waals surface area contributed by atoms with Crippen LogP contribution in [0.4, 0.5) is 17.6 Å². The number of ether oxygens (including phenoxy) is 1. The zero-order valence-electron chi connectivity index (χ0n) is 20.6. The minimum absolute atomic E-state index is 0.00422. The molecule has 0 amide bonds. The van der Waals surface area contributed by atoms with E-state index in [4.69, 9.17) is 4.74 Å². The van der Waals surface area contributed by atoms with Gasteiger partial charge in [-0.25, -0.2) is 13.2 Å². The first-order valence-corrected chi connectivity index (χ1v) is 12.7. The Morgan fingerprint density at radius 1 is 0.647 bits per heavy atom. The monoisotopic (exact) mass is 478 g/mol. The van der Waals surface area contributed by atoms with Gasteiger partial charge in [0.25, 0.3) is 0 Å². The molecule has 34 heavy (non-hydrogen) atoms. The fourth-order valence-electron chi connectivity index (χ4n) is 3.87. The van der Waals surface area contributed by atoms with Crippen LogP contribution in [0.15, 0.2) is 36.4 Å². The molecule has 0 bridgehead atoms. The molecular weight excluding hydrogens is 440 g/mol. The Morgan fingerprint density at radius 2 is 1.24 bits per heavy atom. The number of halogens is 4. The van der Waals surface area contributed by atoms with Crippen LogP contribution in [0.2, 0.25) is 0 Å². The van der Waals surface area contributed by atoms with Gasteiger partial charge in [0.2, 0.25) is 5.82 Å². The highest BCUT2D eigenvalue weighted by Gasteiger charge is 2.21. The first-order valence-electron chi connectivity index (χ1n) is 12.7. The summed E-state index contributed by atoms with van der Waals surface area (Å²) in [6.07, 6.45) is 12.9. The molecule has 2 aromatic rings. The number of hydrogen-bond donors (Lipinski definition) is 0. The van der Waals surface area contributed by atoms with Gasteiger partial charge in [-0.3, -0.25) is 0 Å². The maximum atomic E-state index is 14.7. The predicted octanol–water partition coefficient (Wildman–Crippen LogP) is 9.98. The van der Waals surface area contributed by atoms with E-state index in [9.17, 15) is 17.6 Å². The number of benzene rings is 2. The van der Waals surface area contributed by atoms with Crippen molar-refractivity contribution in [3.05, 3.63) is 64.7 Å². The molecule has 0 aromatic heterocycles. The van der Waals surface area contributed by atoms with Crippen molar-refractivity contribution in [3.8, 4) is 5.75 Å². The third-order valence-electron chi connectivity index (χ3n) is 6.01. The van der Waals surface area contributed by atoms with Crippen molar-refractivity contribution in [1.29, 1.82) is 0 Å². The van der Waals surface area contributed by atoms with Crippen LogP contribution in [-0.2, 0) is 6.42 Å². The normalized spacial score (nSPS) is 12.1. The van der Waals surface area contributed by atoms with E-state index in [-0.39, 0.29) is 17.9 Å². The van der Waals surface area contributed by atoms with Crippen LogP contribution in [-0.4, -0.2) is 6.61 Å². The van der Waals surface area contributed by atoms with Crippen LogP contribution in [0, 0.1) is 11.6 Å². The maximum absolute atomic E-state index is 14.7. The smallest absolute Gasteiger partial charge is 0.201 e. The Morgan fingerprint density at radius 3 is 1.88 bits per heavy atom. The van der Waals surface area contributed by atoms with E-state index < -0.39 is 28.9 Å². The van der Waals surface area contributed by atoms with Crippen LogP contribution < -0.4 is 4.74 Å². The highest BCUT2D eigenvalue weighted by Crippen LogP contribution is 2.33. The lowest BCUT2D eigenvalue weighted by molar-refractivity contribution is 0.284. The lowest BCUT2D eigenvalue weighted by atomic mass is 10.0. The van der Waals surface area contributed by atoms with Gasteiger partial charge in [0.1, 0.15) is 0 Å². The summed E-state index contributed by atoms with van der Waals surface area (Å²) in [7, 11) is 0. The topological polar surface area (TPSA) is 9.23 Å². The van der Waals surface area contributed by atoms with Crippen molar-refractivity contribution in [3.63, 3.8) is 0 Å². The summed E-state index contributed by atoms with van der Waals surface area (Å²) >= 11 is 0.